The first kappa shape index (κ1) is 45.4. The van der Waals surface area contributed by atoms with Crippen LogP contribution in [-0.4, -0.2) is 28.6 Å². The summed E-state index contributed by atoms with van der Waals surface area (Å²) in [5.74, 6) is 0. The van der Waals surface area contributed by atoms with Gasteiger partial charge in [-0.05, 0) is 46.9 Å². The third kappa shape index (κ3) is 12.5. The number of rotatable bonds is 4. The molecule has 0 aliphatic carbocycles. The van der Waals surface area contributed by atoms with E-state index in [4.69, 9.17) is 25.0 Å². The molecule has 0 heterocycles. The third-order valence-electron chi connectivity index (χ3n) is 9.55. The molecule has 6 rings (SSSR count). The van der Waals surface area contributed by atoms with Gasteiger partial charge in [-0.25, -0.2) is 0 Å². The molecule has 0 aromatic heterocycles. The van der Waals surface area contributed by atoms with Gasteiger partial charge in [0.15, 0.2) is 7.98 Å². The minimum absolute atomic E-state index is 0.196. The molecule has 0 saturated carbocycles. The van der Waals surface area contributed by atoms with Gasteiger partial charge in [0.2, 0.25) is 0 Å². The Hall–Kier alpha value is -1.98. The van der Waals surface area contributed by atoms with E-state index in [0.29, 0.717) is 0 Å². The molecule has 0 atom stereocenters. The Morgan fingerprint density at radius 3 is 1.09 bits per heavy atom. The Morgan fingerprint density at radius 1 is 0.528 bits per heavy atom. The van der Waals surface area contributed by atoms with Crippen molar-refractivity contribution in [2.24, 2.45) is 0 Å². The van der Waals surface area contributed by atoms with Crippen molar-refractivity contribution >= 4 is 63.0 Å². The van der Waals surface area contributed by atoms with Crippen LogP contribution in [-0.2, 0) is 31.7 Å². The molecule has 0 aliphatic heterocycles. The van der Waals surface area contributed by atoms with E-state index in [1.807, 2.05) is 0 Å². The second kappa shape index (κ2) is 18.8. The van der Waals surface area contributed by atoms with Crippen LogP contribution in [0.5, 0.6) is 0 Å². The predicted molar refractivity (Wildman–Crippen MR) is 243 cm³/mol. The van der Waals surface area contributed by atoms with Crippen LogP contribution in [0.1, 0.15) is 63.8 Å². The monoisotopic (exact) mass is 853 g/mol. The molecule has 6 aromatic carbocycles. The SMILES string of the molecule is Cc1ccccc1-c1cccc2[cH-]c(C(C)(C)C)cc12.Cc1ccccc1-c1cccc2[cH-]c(C(C)(C)C)cc12.[B]N([Si](C)(C)C)[Si](C)(C)C.[Cl][Zr+2][Cl]. The van der Waals surface area contributed by atoms with Gasteiger partial charge in [-0.1, -0.05) is 153 Å². The molecule has 1 nitrogen and oxygen atoms in total. The first-order chi connectivity index (χ1) is 24.5. The summed E-state index contributed by atoms with van der Waals surface area (Å²) in [6.07, 6.45) is 0. The van der Waals surface area contributed by atoms with Crippen molar-refractivity contribution in [1.29, 1.82) is 0 Å². The summed E-state index contributed by atoms with van der Waals surface area (Å²) in [6.45, 7) is 31.7. The second-order valence-corrected chi connectivity index (χ2v) is 31.8. The molecule has 0 N–H and O–H groups in total. The first-order valence-corrected chi connectivity index (χ1v) is 31.8. The van der Waals surface area contributed by atoms with Crippen molar-refractivity contribution in [2.45, 2.75) is 106 Å². The normalized spacial score (nSPS) is 11.9. The maximum absolute atomic E-state index is 5.98. The van der Waals surface area contributed by atoms with Gasteiger partial charge in [0.05, 0.1) is 0 Å². The van der Waals surface area contributed by atoms with Crippen molar-refractivity contribution < 1.29 is 20.8 Å². The number of fused-ring (bicyclic) bond motifs is 2. The van der Waals surface area contributed by atoms with E-state index < -0.39 is 37.3 Å². The topological polar surface area (TPSA) is 3.24 Å². The molecular weight excluding hydrogens is 796 g/mol. The zero-order valence-electron chi connectivity index (χ0n) is 34.7. The van der Waals surface area contributed by atoms with Crippen LogP contribution in [0.2, 0.25) is 39.3 Å². The average molecular weight is 856 g/mol. The summed E-state index contributed by atoms with van der Waals surface area (Å²) >= 11 is -0.826. The molecule has 0 unspecified atom stereocenters. The quantitative estimate of drug-likeness (QED) is 0.126. The van der Waals surface area contributed by atoms with Gasteiger partial charge in [0.25, 0.3) is 0 Å². The van der Waals surface area contributed by atoms with Gasteiger partial charge in [0.1, 0.15) is 16.5 Å². The third-order valence-corrected chi connectivity index (χ3v) is 16.5. The fourth-order valence-corrected chi connectivity index (χ4v) is 14.6. The Kier molecular flexibility index (Phi) is 16.1. The average Bonchev–Trinajstić information content (AvgIpc) is 3.71. The molecule has 7 heteroatoms. The van der Waals surface area contributed by atoms with Crippen LogP contribution in [0.4, 0.5) is 0 Å². The van der Waals surface area contributed by atoms with Crippen LogP contribution in [0.15, 0.2) is 109 Å². The van der Waals surface area contributed by atoms with E-state index in [-0.39, 0.29) is 10.8 Å². The van der Waals surface area contributed by atoms with Crippen molar-refractivity contribution in [3.05, 3.63) is 131 Å². The Labute approximate surface area is 344 Å². The van der Waals surface area contributed by atoms with Crippen LogP contribution < -0.4 is 0 Å². The predicted octanol–water partition coefficient (Wildman–Crippen LogP) is 15.1. The molecule has 278 valence electrons. The maximum atomic E-state index is 5.98. The molecule has 0 fully saturated rings. The second-order valence-electron chi connectivity index (χ2n) is 18.0. The summed E-state index contributed by atoms with van der Waals surface area (Å²) in [5.41, 5.74) is 11.2. The van der Waals surface area contributed by atoms with E-state index in [0.717, 1.165) is 0 Å². The number of benzene rings is 4. The number of nitrogens with zero attached hydrogens (tertiary/aromatic N) is 1. The van der Waals surface area contributed by atoms with Gasteiger partial charge in [0, 0.05) is 0 Å². The van der Waals surface area contributed by atoms with Gasteiger partial charge in [-0.3, -0.25) is 0 Å². The summed E-state index contributed by atoms with van der Waals surface area (Å²) in [7, 11) is 13.4. The number of halogens is 2. The molecular formula is C46H60BCl2NSi2Zr. The minimum atomic E-state index is -1.22. The summed E-state index contributed by atoms with van der Waals surface area (Å²) in [5, 5.41) is 5.42. The number of aryl methyl sites for hydroxylation is 2. The molecule has 0 amide bonds. The van der Waals surface area contributed by atoms with Crippen LogP contribution in [0, 0.1) is 13.8 Å². The fraction of sp³-hybridized carbons (Fsp3) is 0.348. The van der Waals surface area contributed by atoms with Gasteiger partial charge < -0.3 is 4.14 Å². The zero-order chi connectivity index (χ0) is 39.9. The summed E-state index contributed by atoms with van der Waals surface area (Å²) in [6, 6.07) is 39.8. The van der Waals surface area contributed by atoms with Crippen LogP contribution >= 0.6 is 17.0 Å². The van der Waals surface area contributed by atoms with E-state index in [1.165, 1.54) is 66.1 Å². The van der Waals surface area contributed by atoms with E-state index in [1.54, 1.807) is 0 Å². The molecule has 2 radical (unpaired) electrons. The van der Waals surface area contributed by atoms with Gasteiger partial charge in [-0.15, -0.1) is 69.1 Å². The zero-order valence-corrected chi connectivity index (χ0v) is 40.6. The van der Waals surface area contributed by atoms with Crippen molar-refractivity contribution in [2.75, 3.05) is 0 Å². The van der Waals surface area contributed by atoms with E-state index >= 15 is 0 Å². The number of hydrogen-bond acceptors (Lipinski definition) is 1. The van der Waals surface area contributed by atoms with Crippen LogP contribution in [0.3, 0.4) is 0 Å². The number of hydrogen-bond donors (Lipinski definition) is 0. The first-order valence-electron chi connectivity index (χ1n) is 18.5. The van der Waals surface area contributed by atoms with Crippen molar-refractivity contribution in [3.8, 4) is 22.3 Å². The molecule has 53 heavy (non-hydrogen) atoms. The molecule has 0 spiro atoms. The Bertz CT molecular complexity index is 1920. The fourth-order valence-electron chi connectivity index (χ4n) is 6.56. The molecule has 0 aliphatic rings. The summed E-state index contributed by atoms with van der Waals surface area (Å²) < 4.78 is 2.15. The van der Waals surface area contributed by atoms with Crippen LogP contribution in [0.25, 0.3) is 43.8 Å². The molecule has 0 bridgehead atoms. The molecule has 0 saturated heterocycles. The van der Waals surface area contributed by atoms with Crippen molar-refractivity contribution in [1.82, 2.24) is 4.14 Å². The Morgan fingerprint density at radius 2 is 0.830 bits per heavy atom. The Balaban J connectivity index is 0.000000218. The van der Waals surface area contributed by atoms with Gasteiger partial charge >= 0.3 is 37.9 Å². The van der Waals surface area contributed by atoms with Gasteiger partial charge in [-0.2, -0.15) is 12.1 Å². The summed E-state index contributed by atoms with van der Waals surface area (Å²) in [4.78, 5) is 0. The molecule has 6 aromatic rings. The standard InChI is InChI=1S/2C20H21.C6H18BNSi2.2ClH.Zr/c2*1-14-8-5-6-10-17(14)18-11-7-9-15-12-16(13-19(15)18)20(2,3)4;1-9(2,3)8(7)10(4,5)6;;;/h2*5-13H,1-4H3;1-6H3;2*1H;/q2*-1;;;;+4/p-2. The van der Waals surface area contributed by atoms with Crippen molar-refractivity contribution in [3.63, 3.8) is 0 Å². The van der Waals surface area contributed by atoms with E-state index in [9.17, 15) is 0 Å². The van der Waals surface area contributed by atoms with E-state index in [2.05, 4.69) is 208 Å².